The Morgan fingerprint density at radius 2 is 2.20 bits per heavy atom. The van der Waals surface area contributed by atoms with E-state index < -0.39 is 6.10 Å². The van der Waals surface area contributed by atoms with Crippen molar-refractivity contribution >= 4 is 0 Å². The minimum absolute atomic E-state index is 0.277. The van der Waals surface area contributed by atoms with Gasteiger partial charge in [-0.15, -0.1) is 0 Å². The Labute approximate surface area is 88.4 Å². The summed E-state index contributed by atoms with van der Waals surface area (Å²) in [6, 6.07) is 5.67. The number of hydrogen-bond acceptors (Lipinski definition) is 4. The van der Waals surface area contributed by atoms with E-state index in [1.807, 2.05) is 18.2 Å². The molecule has 1 atom stereocenters. The second-order valence-electron chi connectivity index (χ2n) is 3.50. The molecule has 0 bridgehead atoms. The maximum atomic E-state index is 9.55. The van der Waals surface area contributed by atoms with E-state index in [1.54, 1.807) is 7.11 Å². The number of rotatable bonds is 4. The molecular weight excluding hydrogens is 196 g/mol. The molecule has 0 aromatic heterocycles. The smallest absolute Gasteiger partial charge is 0.231 e. The molecule has 4 nitrogen and oxygen atoms in total. The Kier molecular flexibility index (Phi) is 3.08. The van der Waals surface area contributed by atoms with Crippen LogP contribution in [-0.4, -0.2) is 31.7 Å². The van der Waals surface area contributed by atoms with Gasteiger partial charge in [-0.1, -0.05) is 6.07 Å². The third kappa shape index (κ3) is 2.40. The largest absolute Gasteiger partial charge is 0.454 e. The Hall–Kier alpha value is -1.26. The van der Waals surface area contributed by atoms with E-state index in [-0.39, 0.29) is 6.79 Å². The van der Waals surface area contributed by atoms with E-state index in [9.17, 15) is 5.11 Å². The van der Waals surface area contributed by atoms with Crippen LogP contribution < -0.4 is 9.47 Å². The lowest BCUT2D eigenvalue weighted by molar-refractivity contribution is 0.0650. The van der Waals surface area contributed by atoms with Gasteiger partial charge in [0, 0.05) is 13.5 Å². The number of fused-ring (bicyclic) bond motifs is 1. The van der Waals surface area contributed by atoms with Crippen molar-refractivity contribution in [3.63, 3.8) is 0 Å². The van der Waals surface area contributed by atoms with Crippen molar-refractivity contribution in [2.75, 3.05) is 20.5 Å². The second kappa shape index (κ2) is 4.51. The highest BCUT2D eigenvalue weighted by Crippen LogP contribution is 2.32. The Morgan fingerprint density at radius 3 is 3.00 bits per heavy atom. The van der Waals surface area contributed by atoms with Crippen LogP contribution in [0.4, 0.5) is 0 Å². The van der Waals surface area contributed by atoms with Crippen molar-refractivity contribution < 1.29 is 19.3 Å². The lowest BCUT2D eigenvalue weighted by Gasteiger charge is -2.09. The maximum Gasteiger partial charge on any atom is 0.231 e. The average molecular weight is 210 g/mol. The quantitative estimate of drug-likeness (QED) is 0.804. The molecular formula is C11H14O4. The van der Waals surface area contributed by atoms with E-state index in [1.165, 1.54) is 0 Å². The van der Waals surface area contributed by atoms with Gasteiger partial charge in [0.25, 0.3) is 0 Å². The van der Waals surface area contributed by atoms with Crippen LogP contribution in [0.15, 0.2) is 18.2 Å². The average Bonchev–Trinajstić information content (AvgIpc) is 2.65. The van der Waals surface area contributed by atoms with Gasteiger partial charge in [0.15, 0.2) is 11.5 Å². The van der Waals surface area contributed by atoms with Crippen LogP contribution in [0.3, 0.4) is 0 Å². The van der Waals surface area contributed by atoms with E-state index in [0.717, 1.165) is 17.1 Å². The molecule has 1 aromatic rings. The Morgan fingerprint density at radius 1 is 1.40 bits per heavy atom. The summed E-state index contributed by atoms with van der Waals surface area (Å²) in [5.74, 6) is 1.51. The topological polar surface area (TPSA) is 47.9 Å². The molecule has 15 heavy (non-hydrogen) atoms. The van der Waals surface area contributed by atoms with Gasteiger partial charge in [-0.05, 0) is 17.7 Å². The fourth-order valence-corrected chi connectivity index (χ4v) is 1.59. The van der Waals surface area contributed by atoms with Gasteiger partial charge in [-0.2, -0.15) is 0 Å². The van der Waals surface area contributed by atoms with Crippen molar-refractivity contribution in [2.45, 2.75) is 12.5 Å². The van der Waals surface area contributed by atoms with Gasteiger partial charge in [-0.3, -0.25) is 0 Å². The summed E-state index contributed by atoms with van der Waals surface area (Å²) in [5, 5.41) is 9.55. The molecule has 0 saturated heterocycles. The first-order valence-electron chi connectivity index (χ1n) is 4.85. The lowest BCUT2D eigenvalue weighted by Crippen LogP contribution is -2.16. The summed E-state index contributed by atoms with van der Waals surface area (Å²) in [6.45, 7) is 0.619. The van der Waals surface area contributed by atoms with Crippen LogP contribution >= 0.6 is 0 Å². The first kappa shape index (κ1) is 10.3. The lowest BCUT2D eigenvalue weighted by atomic mass is 10.1. The standard InChI is InChI=1S/C11H14O4/c1-13-6-9(12)4-8-2-3-10-11(5-8)15-7-14-10/h2-3,5,9,12H,4,6-7H2,1H3. The predicted molar refractivity (Wildman–Crippen MR) is 54.2 cm³/mol. The predicted octanol–water partition coefficient (Wildman–Crippen LogP) is 0.965. The molecule has 4 heteroatoms. The molecule has 1 aliphatic rings. The summed E-state index contributed by atoms with van der Waals surface area (Å²) in [4.78, 5) is 0. The molecule has 1 aromatic carbocycles. The van der Waals surface area contributed by atoms with Gasteiger partial charge in [0.2, 0.25) is 6.79 Å². The van der Waals surface area contributed by atoms with Gasteiger partial charge < -0.3 is 19.3 Å². The highest BCUT2D eigenvalue weighted by Gasteiger charge is 2.14. The van der Waals surface area contributed by atoms with Gasteiger partial charge in [0.1, 0.15) is 0 Å². The minimum atomic E-state index is -0.477. The third-order valence-corrected chi connectivity index (χ3v) is 2.27. The summed E-state index contributed by atoms with van der Waals surface area (Å²) >= 11 is 0. The van der Waals surface area contributed by atoms with Gasteiger partial charge in [-0.25, -0.2) is 0 Å². The van der Waals surface area contributed by atoms with Crippen molar-refractivity contribution in [2.24, 2.45) is 0 Å². The van der Waals surface area contributed by atoms with Crippen LogP contribution in [-0.2, 0) is 11.2 Å². The Balaban J connectivity index is 2.03. The van der Waals surface area contributed by atoms with Crippen molar-refractivity contribution in [3.8, 4) is 11.5 Å². The summed E-state index contributed by atoms with van der Waals surface area (Å²) in [6.07, 6.45) is 0.0835. The highest BCUT2D eigenvalue weighted by molar-refractivity contribution is 5.44. The number of ether oxygens (including phenoxy) is 3. The number of hydrogen-bond donors (Lipinski definition) is 1. The summed E-state index contributed by atoms with van der Waals surface area (Å²) < 4.78 is 15.3. The first-order chi connectivity index (χ1) is 7.29. The van der Waals surface area contributed by atoms with E-state index >= 15 is 0 Å². The molecule has 2 rings (SSSR count). The van der Waals surface area contributed by atoms with Crippen LogP contribution in [0.25, 0.3) is 0 Å². The molecule has 82 valence electrons. The summed E-state index contributed by atoms with van der Waals surface area (Å²) in [7, 11) is 1.57. The van der Waals surface area contributed by atoms with Gasteiger partial charge in [0.05, 0.1) is 12.7 Å². The summed E-state index contributed by atoms with van der Waals surface area (Å²) in [5.41, 5.74) is 1.02. The minimum Gasteiger partial charge on any atom is -0.454 e. The van der Waals surface area contributed by atoms with Crippen LogP contribution in [0, 0.1) is 0 Å². The van der Waals surface area contributed by atoms with E-state index in [4.69, 9.17) is 14.2 Å². The fourth-order valence-electron chi connectivity index (χ4n) is 1.59. The van der Waals surface area contributed by atoms with Crippen molar-refractivity contribution in [3.05, 3.63) is 23.8 Å². The monoisotopic (exact) mass is 210 g/mol. The molecule has 0 saturated carbocycles. The zero-order valence-corrected chi connectivity index (χ0v) is 8.60. The number of methoxy groups -OCH3 is 1. The zero-order valence-electron chi connectivity index (χ0n) is 8.60. The molecule has 0 fully saturated rings. The molecule has 0 spiro atoms. The first-order valence-corrected chi connectivity index (χ1v) is 4.85. The molecule has 1 aliphatic heterocycles. The van der Waals surface area contributed by atoms with E-state index in [2.05, 4.69) is 0 Å². The molecule has 1 N–H and O–H groups in total. The molecule has 0 amide bonds. The highest BCUT2D eigenvalue weighted by atomic mass is 16.7. The molecule has 0 aliphatic carbocycles. The fraction of sp³-hybridized carbons (Fsp3) is 0.455. The second-order valence-corrected chi connectivity index (χ2v) is 3.50. The van der Waals surface area contributed by atoms with E-state index in [0.29, 0.717) is 13.0 Å². The third-order valence-electron chi connectivity index (χ3n) is 2.27. The SMILES string of the molecule is COCC(O)Cc1ccc2c(c1)OCO2. The molecule has 0 radical (unpaired) electrons. The van der Waals surface area contributed by atoms with Crippen molar-refractivity contribution in [1.29, 1.82) is 0 Å². The van der Waals surface area contributed by atoms with Crippen LogP contribution in [0.1, 0.15) is 5.56 Å². The molecule has 1 unspecified atom stereocenters. The maximum absolute atomic E-state index is 9.55. The molecule has 1 heterocycles. The zero-order chi connectivity index (χ0) is 10.7. The van der Waals surface area contributed by atoms with Crippen LogP contribution in [0.2, 0.25) is 0 Å². The van der Waals surface area contributed by atoms with Gasteiger partial charge >= 0.3 is 0 Å². The van der Waals surface area contributed by atoms with Crippen LogP contribution in [0.5, 0.6) is 11.5 Å². The normalized spacial score (nSPS) is 15.3. The number of aliphatic hydroxyl groups excluding tert-OH is 1. The number of benzene rings is 1. The number of aliphatic hydroxyl groups is 1. The van der Waals surface area contributed by atoms with Crippen molar-refractivity contribution in [1.82, 2.24) is 0 Å². The Bertz CT molecular complexity index is 337.